The molecule has 1 aromatic carbocycles. The minimum atomic E-state index is -0.899. The molecule has 1 atom stereocenters. The van der Waals surface area contributed by atoms with Crippen molar-refractivity contribution in [3.05, 3.63) is 41.8 Å². The van der Waals surface area contributed by atoms with Crippen molar-refractivity contribution in [2.24, 2.45) is 5.73 Å². The second kappa shape index (κ2) is 6.73. The topological polar surface area (TPSA) is 94.0 Å². The number of nitrogens with one attached hydrogen (secondary N) is 1. The van der Waals surface area contributed by atoms with E-state index in [0.717, 1.165) is 5.56 Å². The Balaban J connectivity index is 2.12. The molecule has 112 valence electrons. The first-order valence-corrected chi connectivity index (χ1v) is 7.54. The summed E-state index contributed by atoms with van der Waals surface area (Å²) in [6.45, 7) is 1.74. The molecule has 0 spiro atoms. The Hall–Kier alpha value is -1.86. The van der Waals surface area contributed by atoms with Gasteiger partial charge in [-0.25, -0.2) is 0 Å². The molecule has 0 saturated carbocycles. The highest BCUT2D eigenvalue weighted by Gasteiger charge is 2.36. The van der Waals surface area contributed by atoms with Crippen LogP contribution in [0.15, 0.2) is 40.0 Å². The molecular weight excluding hydrogens is 288 g/mol. The van der Waals surface area contributed by atoms with Gasteiger partial charge in [0.05, 0.1) is 0 Å². The van der Waals surface area contributed by atoms with Crippen LogP contribution in [0.25, 0.3) is 0 Å². The highest BCUT2D eigenvalue weighted by atomic mass is 32.2. The number of nitrogens with zero attached hydrogens (tertiary/aromatic N) is 2. The van der Waals surface area contributed by atoms with Crippen LogP contribution in [0.5, 0.6) is 0 Å². The molecule has 0 saturated heterocycles. The number of rotatable bonds is 7. The predicted octanol–water partition coefficient (Wildman–Crippen LogP) is 1.46. The molecule has 2 rings (SSSR count). The number of nitrogens with two attached hydrogens (primary N) is 1. The number of likely N-dealkylation sites (N-methyl/N-ethyl adjacent to an activating group) is 1. The zero-order valence-corrected chi connectivity index (χ0v) is 12.8. The maximum Gasteiger partial charge on any atom is 0.276 e. The van der Waals surface area contributed by atoms with Crippen molar-refractivity contribution in [2.45, 2.75) is 24.1 Å². The number of hydrogen-bond donors (Lipinski definition) is 2. The summed E-state index contributed by atoms with van der Waals surface area (Å²) in [4.78, 5) is 12.0. The molecule has 1 heterocycles. The quantitative estimate of drug-likeness (QED) is 0.752. The summed E-state index contributed by atoms with van der Waals surface area (Å²) in [7, 11) is 1.74. The first-order valence-electron chi connectivity index (χ1n) is 6.56. The van der Waals surface area contributed by atoms with Gasteiger partial charge in [-0.15, -0.1) is 10.2 Å². The lowest BCUT2D eigenvalue weighted by Crippen LogP contribution is -2.51. The number of hydrogen-bond acceptors (Lipinski definition) is 6. The summed E-state index contributed by atoms with van der Waals surface area (Å²) in [6, 6.07) is 9.46. The third kappa shape index (κ3) is 3.43. The van der Waals surface area contributed by atoms with Gasteiger partial charge in [0.25, 0.3) is 5.22 Å². The van der Waals surface area contributed by atoms with Gasteiger partial charge in [0.2, 0.25) is 11.8 Å². The normalized spacial score (nSPS) is 13.8. The van der Waals surface area contributed by atoms with Gasteiger partial charge < -0.3 is 15.5 Å². The Kier molecular flexibility index (Phi) is 4.98. The third-order valence-electron chi connectivity index (χ3n) is 3.32. The number of benzene rings is 1. The van der Waals surface area contributed by atoms with Gasteiger partial charge in [0.1, 0.15) is 5.54 Å². The van der Waals surface area contributed by atoms with Gasteiger partial charge in [-0.1, -0.05) is 42.1 Å². The van der Waals surface area contributed by atoms with Crippen LogP contribution >= 0.6 is 11.8 Å². The summed E-state index contributed by atoms with van der Waals surface area (Å²) < 4.78 is 5.30. The molecule has 6 nitrogen and oxygen atoms in total. The molecule has 0 aliphatic carbocycles. The zero-order chi connectivity index (χ0) is 15.3. The van der Waals surface area contributed by atoms with E-state index in [0.29, 0.717) is 23.3 Å². The summed E-state index contributed by atoms with van der Waals surface area (Å²) in [5.74, 6) is 0.745. The monoisotopic (exact) mass is 306 g/mol. The molecule has 0 aliphatic heterocycles. The fraction of sp³-hybridized carbons (Fsp3) is 0.357. The number of aromatic nitrogens is 2. The third-order valence-corrected chi connectivity index (χ3v) is 4.14. The van der Waals surface area contributed by atoms with Crippen molar-refractivity contribution in [3.8, 4) is 0 Å². The maximum absolute atomic E-state index is 12.0. The van der Waals surface area contributed by atoms with E-state index in [1.807, 2.05) is 30.3 Å². The van der Waals surface area contributed by atoms with Crippen LogP contribution in [0.1, 0.15) is 17.9 Å². The van der Waals surface area contributed by atoms with Crippen molar-refractivity contribution in [3.63, 3.8) is 0 Å². The smallest absolute Gasteiger partial charge is 0.276 e. The molecule has 2 aromatic rings. The molecule has 0 radical (unpaired) electrons. The molecule has 0 bridgehead atoms. The van der Waals surface area contributed by atoms with E-state index >= 15 is 0 Å². The van der Waals surface area contributed by atoms with E-state index < -0.39 is 11.4 Å². The van der Waals surface area contributed by atoms with E-state index in [4.69, 9.17) is 10.2 Å². The fourth-order valence-electron chi connectivity index (χ4n) is 2.15. The van der Waals surface area contributed by atoms with Crippen LogP contribution in [0.2, 0.25) is 0 Å². The highest BCUT2D eigenvalue weighted by molar-refractivity contribution is 7.99. The van der Waals surface area contributed by atoms with Crippen LogP contribution in [-0.2, 0) is 10.3 Å². The number of primary amides is 1. The Morgan fingerprint density at radius 1 is 1.38 bits per heavy atom. The average Bonchev–Trinajstić information content (AvgIpc) is 2.90. The lowest BCUT2D eigenvalue weighted by molar-refractivity contribution is -0.124. The Labute approximate surface area is 127 Å². The Bertz CT molecular complexity index is 602. The number of thioether (sulfide) groups is 1. The van der Waals surface area contributed by atoms with Gasteiger partial charge in [0, 0.05) is 12.7 Å². The van der Waals surface area contributed by atoms with Crippen LogP contribution in [0, 0.1) is 6.92 Å². The van der Waals surface area contributed by atoms with Crippen LogP contribution in [-0.4, -0.2) is 28.9 Å². The highest BCUT2D eigenvalue weighted by Crippen LogP contribution is 2.28. The van der Waals surface area contributed by atoms with Gasteiger partial charge in [-0.2, -0.15) is 0 Å². The number of carbonyl (C=O) groups excluding carboxylic acids is 1. The van der Waals surface area contributed by atoms with Gasteiger partial charge in [-0.3, -0.25) is 4.79 Å². The molecule has 7 heteroatoms. The molecule has 1 aromatic heterocycles. The largest absolute Gasteiger partial charge is 0.416 e. The summed E-state index contributed by atoms with van der Waals surface area (Å²) >= 11 is 1.41. The van der Waals surface area contributed by atoms with Crippen LogP contribution in [0.3, 0.4) is 0 Å². The van der Waals surface area contributed by atoms with E-state index in [9.17, 15) is 4.79 Å². The average molecular weight is 306 g/mol. The predicted molar refractivity (Wildman–Crippen MR) is 80.8 cm³/mol. The molecule has 0 fully saturated rings. The minimum absolute atomic E-state index is 0.404. The maximum atomic E-state index is 12.0. The number of carbonyl (C=O) groups is 1. The lowest BCUT2D eigenvalue weighted by Gasteiger charge is -2.30. The molecule has 1 unspecified atom stereocenters. The molecule has 0 aliphatic rings. The first kappa shape index (κ1) is 15.5. The SMILES string of the molecule is CNC(CCSc1nnc(C)o1)(C(N)=O)c1ccccc1. The van der Waals surface area contributed by atoms with Crippen molar-refractivity contribution in [1.82, 2.24) is 15.5 Å². The molecule has 21 heavy (non-hydrogen) atoms. The standard InChI is InChI=1S/C14H18N4O2S/c1-10-17-18-13(20-10)21-9-8-14(16-2,12(15)19)11-6-4-3-5-7-11/h3-7,16H,8-9H2,1-2H3,(H2,15,19). The summed E-state index contributed by atoms with van der Waals surface area (Å²) in [5.41, 5.74) is 5.59. The molecular formula is C14H18N4O2S. The van der Waals surface area contributed by atoms with E-state index in [-0.39, 0.29) is 0 Å². The summed E-state index contributed by atoms with van der Waals surface area (Å²) in [5, 5.41) is 11.3. The zero-order valence-electron chi connectivity index (χ0n) is 12.0. The second-order valence-corrected chi connectivity index (χ2v) is 5.62. The van der Waals surface area contributed by atoms with Gasteiger partial charge >= 0.3 is 0 Å². The molecule has 3 N–H and O–H groups in total. The van der Waals surface area contributed by atoms with Gasteiger partial charge in [0.15, 0.2) is 0 Å². The van der Waals surface area contributed by atoms with Crippen molar-refractivity contribution >= 4 is 17.7 Å². The second-order valence-electron chi connectivity index (χ2n) is 4.57. The Morgan fingerprint density at radius 2 is 2.10 bits per heavy atom. The Morgan fingerprint density at radius 3 is 2.62 bits per heavy atom. The van der Waals surface area contributed by atoms with Crippen molar-refractivity contribution in [2.75, 3.05) is 12.8 Å². The van der Waals surface area contributed by atoms with Crippen molar-refractivity contribution < 1.29 is 9.21 Å². The fourth-order valence-corrected chi connectivity index (χ4v) is 3.01. The molecule has 1 amide bonds. The van der Waals surface area contributed by atoms with E-state index in [2.05, 4.69) is 15.5 Å². The number of aryl methyl sites for hydroxylation is 1. The van der Waals surface area contributed by atoms with E-state index in [1.165, 1.54) is 11.8 Å². The van der Waals surface area contributed by atoms with Crippen LogP contribution in [0.4, 0.5) is 0 Å². The number of amides is 1. The first-order chi connectivity index (χ1) is 10.1. The minimum Gasteiger partial charge on any atom is -0.416 e. The van der Waals surface area contributed by atoms with Crippen LogP contribution < -0.4 is 11.1 Å². The lowest BCUT2D eigenvalue weighted by atomic mass is 9.86. The summed E-state index contributed by atoms with van der Waals surface area (Å²) in [6.07, 6.45) is 0.523. The van der Waals surface area contributed by atoms with E-state index in [1.54, 1.807) is 14.0 Å². The van der Waals surface area contributed by atoms with Crippen molar-refractivity contribution in [1.29, 1.82) is 0 Å². The van der Waals surface area contributed by atoms with Gasteiger partial charge in [-0.05, 0) is 19.0 Å².